The van der Waals surface area contributed by atoms with Crippen LogP contribution in [-0.2, 0) is 6.42 Å². The minimum Gasteiger partial charge on any atom is -0.198 e. The van der Waals surface area contributed by atoms with E-state index in [2.05, 4.69) is 37.8 Å². The van der Waals surface area contributed by atoms with Gasteiger partial charge in [0.15, 0.2) is 0 Å². The summed E-state index contributed by atoms with van der Waals surface area (Å²) in [6.07, 6.45) is 6.56. The van der Waals surface area contributed by atoms with Gasteiger partial charge in [-0.3, -0.25) is 0 Å². The second-order valence-electron chi connectivity index (χ2n) is 6.51. The first kappa shape index (κ1) is 13.4. The lowest BCUT2D eigenvalue weighted by molar-refractivity contribution is 0.224. The number of benzene rings is 1. The van der Waals surface area contributed by atoms with Crippen LogP contribution in [0, 0.1) is 30.1 Å². The summed E-state index contributed by atoms with van der Waals surface area (Å²) in [7, 11) is 0. The minimum atomic E-state index is 0.572. The van der Waals surface area contributed by atoms with Crippen LogP contribution in [0.15, 0.2) is 30.4 Å². The van der Waals surface area contributed by atoms with Crippen LogP contribution >= 0.6 is 0 Å². The van der Waals surface area contributed by atoms with Gasteiger partial charge in [0.25, 0.3) is 0 Å². The molecule has 0 bridgehead atoms. The summed E-state index contributed by atoms with van der Waals surface area (Å²) in [5.41, 5.74) is 5.93. The molecule has 0 aromatic heterocycles. The maximum atomic E-state index is 8.89. The van der Waals surface area contributed by atoms with Crippen LogP contribution in [-0.4, -0.2) is 0 Å². The van der Waals surface area contributed by atoms with Crippen molar-refractivity contribution in [3.05, 3.63) is 47.0 Å². The van der Waals surface area contributed by atoms with Crippen LogP contribution in [0.2, 0.25) is 0 Å². The SMILES string of the molecule is C=C1CCC2c3ccc(C)cc3CCC2[C@@H]1CCC#N. The molecule has 1 fully saturated rings. The number of fused-ring (bicyclic) bond motifs is 3. The van der Waals surface area contributed by atoms with Crippen molar-refractivity contribution in [1.82, 2.24) is 0 Å². The third kappa shape index (κ3) is 2.29. The Bertz CT molecular complexity index is 564. The fourth-order valence-electron chi connectivity index (χ4n) is 4.39. The molecule has 1 aromatic rings. The first-order valence-corrected chi connectivity index (χ1v) is 7.84. The first-order valence-electron chi connectivity index (χ1n) is 7.84. The van der Waals surface area contributed by atoms with Crippen molar-refractivity contribution in [3.8, 4) is 6.07 Å². The van der Waals surface area contributed by atoms with Crippen molar-refractivity contribution in [2.75, 3.05) is 0 Å². The van der Waals surface area contributed by atoms with Crippen LogP contribution in [0.4, 0.5) is 0 Å². The van der Waals surface area contributed by atoms with E-state index in [1.165, 1.54) is 30.4 Å². The maximum Gasteiger partial charge on any atom is 0.0621 e. The lowest BCUT2D eigenvalue weighted by Crippen LogP contribution is -2.32. The van der Waals surface area contributed by atoms with Crippen LogP contribution in [0.25, 0.3) is 0 Å². The molecular formula is C19H23N. The predicted octanol–water partition coefficient (Wildman–Crippen LogP) is 4.91. The smallest absolute Gasteiger partial charge is 0.0621 e. The summed E-state index contributed by atoms with van der Waals surface area (Å²) in [6.45, 7) is 6.49. The van der Waals surface area contributed by atoms with Crippen LogP contribution in [0.3, 0.4) is 0 Å². The van der Waals surface area contributed by atoms with Gasteiger partial charge in [0.05, 0.1) is 6.07 Å². The summed E-state index contributed by atoms with van der Waals surface area (Å²) in [6, 6.07) is 9.31. The molecule has 0 saturated heterocycles. The molecule has 0 aliphatic heterocycles. The summed E-state index contributed by atoms with van der Waals surface area (Å²) in [4.78, 5) is 0. The Morgan fingerprint density at radius 3 is 2.95 bits per heavy atom. The van der Waals surface area contributed by atoms with Gasteiger partial charge in [0.1, 0.15) is 0 Å². The van der Waals surface area contributed by atoms with Crippen molar-refractivity contribution in [2.24, 2.45) is 11.8 Å². The highest BCUT2D eigenvalue weighted by Crippen LogP contribution is 2.50. The average Bonchev–Trinajstić information content (AvgIpc) is 2.45. The highest BCUT2D eigenvalue weighted by Gasteiger charge is 2.38. The Kier molecular flexibility index (Phi) is 3.66. The molecule has 0 amide bonds. The molecule has 1 heteroatoms. The second-order valence-corrected chi connectivity index (χ2v) is 6.51. The Hall–Kier alpha value is -1.55. The van der Waals surface area contributed by atoms with E-state index in [9.17, 15) is 0 Å². The monoisotopic (exact) mass is 265 g/mol. The Morgan fingerprint density at radius 1 is 1.30 bits per heavy atom. The molecule has 0 spiro atoms. The number of aryl methyl sites for hydroxylation is 2. The molecule has 1 saturated carbocycles. The standard InChI is InChI=1S/C19H23N/c1-13-5-8-17-15(12-13)7-10-18-16(4-3-11-20)14(2)6-9-19(17)18/h5,8,12,16,18-19H,2-4,6-7,9-10H2,1H3/t16-,18?,19?/m1/s1. The number of hydrogen-bond donors (Lipinski definition) is 0. The molecule has 2 aliphatic carbocycles. The molecule has 1 nitrogen and oxygen atoms in total. The van der Waals surface area contributed by atoms with Gasteiger partial charge < -0.3 is 0 Å². The van der Waals surface area contributed by atoms with Crippen molar-refractivity contribution >= 4 is 0 Å². The van der Waals surface area contributed by atoms with Gasteiger partial charge in [-0.25, -0.2) is 0 Å². The summed E-state index contributed by atoms with van der Waals surface area (Å²) >= 11 is 0. The molecule has 3 atom stereocenters. The van der Waals surface area contributed by atoms with Gasteiger partial charge in [-0.05, 0) is 67.9 Å². The Labute approximate surface area is 122 Å². The normalized spacial score (nSPS) is 28.4. The van der Waals surface area contributed by atoms with Crippen molar-refractivity contribution in [2.45, 2.75) is 51.4 Å². The molecular weight excluding hydrogens is 242 g/mol. The fourth-order valence-corrected chi connectivity index (χ4v) is 4.39. The van der Waals surface area contributed by atoms with E-state index in [0.717, 1.165) is 18.8 Å². The summed E-state index contributed by atoms with van der Waals surface area (Å²) < 4.78 is 0. The van der Waals surface area contributed by atoms with E-state index in [-0.39, 0.29) is 0 Å². The molecule has 1 aromatic carbocycles. The van der Waals surface area contributed by atoms with Gasteiger partial charge >= 0.3 is 0 Å². The van der Waals surface area contributed by atoms with Crippen LogP contribution in [0.1, 0.15) is 54.7 Å². The van der Waals surface area contributed by atoms with Gasteiger partial charge in [0, 0.05) is 6.42 Å². The molecule has 0 radical (unpaired) electrons. The third-order valence-corrected chi connectivity index (χ3v) is 5.35. The van der Waals surface area contributed by atoms with E-state index in [4.69, 9.17) is 5.26 Å². The molecule has 0 heterocycles. The second kappa shape index (κ2) is 5.44. The van der Waals surface area contributed by atoms with Crippen LogP contribution in [0.5, 0.6) is 0 Å². The summed E-state index contributed by atoms with van der Waals surface area (Å²) in [5.74, 6) is 2.00. The summed E-state index contributed by atoms with van der Waals surface area (Å²) in [5, 5.41) is 8.89. The quantitative estimate of drug-likeness (QED) is 0.697. The van der Waals surface area contributed by atoms with Gasteiger partial charge in [0.2, 0.25) is 0 Å². The largest absolute Gasteiger partial charge is 0.198 e. The number of rotatable bonds is 2. The lowest BCUT2D eigenvalue weighted by atomic mass is 9.61. The maximum absolute atomic E-state index is 8.89. The van der Waals surface area contributed by atoms with Gasteiger partial charge in [-0.1, -0.05) is 35.9 Å². The lowest BCUT2D eigenvalue weighted by Gasteiger charge is -2.43. The minimum absolute atomic E-state index is 0.572. The zero-order valence-corrected chi connectivity index (χ0v) is 12.4. The molecule has 3 rings (SSSR count). The third-order valence-electron chi connectivity index (χ3n) is 5.35. The molecule has 0 N–H and O–H groups in total. The highest BCUT2D eigenvalue weighted by molar-refractivity contribution is 5.38. The Morgan fingerprint density at radius 2 is 2.15 bits per heavy atom. The van der Waals surface area contributed by atoms with Gasteiger partial charge in [-0.15, -0.1) is 0 Å². The van der Waals surface area contributed by atoms with E-state index < -0.39 is 0 Å². The first-order chi connectivity index (χ1) is 9.70. The molecule has 104 valence electrons. The van der Waals surface area contributed by atoms with E-state index >= 15 is 0 Å². The number of hydrogen-bond acceptors (Lipinski definition) is 1. The topological polar surface area (TPSA) is 23.8 Å². The van der Waals surface area contributed by atoms with Crippen molar-refractivity contribution in [1.29, 1.82) is 5.26 Å². The zero-order chi connectivity index (χ0) is 14.1. The van der Waals surface area contributed by atoms with Gasteiger partial charge in [-0.2, -0.15) is 5.26 Å². The molecule has 2 aliphatic rings. The van der Waals surface area contributed by atoms with E-state index in [1.54, 1.807) is 11.1 Å². The number of nitrogens with zero attached hydrogens (tertiary/aromatic N) is 1. The zero-order valence-electron chi connectivity index (χ0n) is 12.4. The predicted molar refractivity (Wildman–Crippen MR) is 82.4 cm³/mol. The van der Waals surface area contributed by atoms with E-state index in [1.807, 2.05) is 0 Å². The van der Waals surface area contributed by atoms with Crippen molar-refractivity contribution in [3.63, 3.8) is 0 Å². The highest BCUT2D eigenvalue weighted by atomic mass is 14.4. The van der Waals surface area contributed by atoms with E-state index in [0.29, 0.717) is 18.3 Å². The van der Waals surface area contributed by atoms with Crippen molar-refractivity contribution < 1.29 is 0 Å². The molecule has 20 heavy (non-hydrogen) atoms. The fraction of sp³-hybridized carbons (Fsp3) is 0.526. The molecule has 2 unspecified atom stereocenters. The Balaban J connectivity index is 1.90. The van der Waals surface area contributed by atoms with Crippen LogP contribution < -0.4 is 0 Å². The number of allylic oxidation sites excluding steroid dienone is 1. The number of nitriles is 1. The average molecular weight is 265 g/mol.